The predicted molar refractivity (Wildman–Crippen MR) is 74.3 cm³/mol. The van der Waals surface area contributed by atoms with E-state index >= 15 is 0 Å². The van der Waals surface area contributed by atoms with E-state index in [1.54, 1.807) is 24.3 Å². The van der Waals surface area contributed by atoms with Gasteiger partial charge in [0, 0.05) is 5.56 Å². The SMILES string of the molecule is CC(C)Oc1ccccc1-c1ncnc(N)c1[N+](=O)[O-]. The third kappa shape index (κ3) is 2.66. The Bertz CT molecular complexity index is 643. The molecule has 0 aliphatic carbocycles. The molecule has 7 heteroatoms. The van der Waals surface area contributed by atoms with E-state index in [4.69, 9.17) is 10.5 Å². The molecule has 0 unspecified atom stereocenters. The van der Waals surface area contributed by atoms with Crippen molar-refractivity contribution in [2.45, 2.75) is 20.0 Å². The monoisotopic (exact) mass is 274 g/mol. The van der Waals surface area contributed by atoms with Crippen LogP contribution in [-0.2, 0) is 0 Å². The summed E-state index contributed by atoms with van der Waals surface area (Å²) in [4.78, 5) is 18.2. The Hall–Kier alpha value is -2.70. The van der Waals surface area contributed by atoms with Crippen molar-refractivity contribution in [2.75, 3.05) is 5.73 Å². The van der Waals surface area contributed by atoms with Crippen LogP contribution in [-0.4, -0.2) is 21.0 Å². The third-order valence-electron chi connectivity index (χ3n) is 2.54. The van der Waals surface area contributed by atoms with Crippen LogP contribution in [0.2, 0.25) is 0 Å². The van der Waals surface area contributed by atoms with Gasteiger partial charge in [-0.3, -0.25) is 10.1 Å². The van der Waals surface area contributed by atoms with Gasteiger partial charge in [0.1, 0.15) is 12.1 Å². The Balaban J connectivity index is 2.63. The van der Waals surface area contributed by atoms with Gasteiger partial charge in [-0.2, -0.15) is 0 Å². The Morgan fingerprint density at radius 1 is 1.30 bits per heavy atom. The van der Waals surface area contributed by atoms with Crippen molar-refractivity contribution in [3.63, 3.8) is 0 Å². The number of benzene rings is 1. The van der Waals surface area contributed by atoms with Crippen LogP contribution < -0.4 is 10.5 Å². The summed E-state index contributed by atoms with van der Waals surface area (Å²) in [6.07, 6.45) is 1.14. The van der Waals surface area contributed by atoms with Gasteiger partial charge >= 0.3 is 5.69 Å². The van der Waals surface area contributed by atoms with Gasteiger partial charge in [0.2, 0.25) is 5.82 Å². The van der Waals surface area contributed by atoms with E-state index in [9.17, 15) is 10.1 Å². The first-order valence-corrected chi connectivity index (χ1v) is 6.01. The van der Waals surface area contributed by atoms with E-state index in [-0.39, 0.29) is 23.3 Å². The molecular formula is C13H14N4O3. The van der Waals surface area contributed by atoms with Crippen molar-refractivity contribution in [3.05, 3.63) is 40.7 Å². The maximum atomic E-state index is 11.2. The van der Waals surface area contributed by atoms with E-state index in [0.717, 1.165) is 0 Å². The number of aromatic nitrogens is 2. The topological polar surface area (TPSA) is 104 Å². The molecule has 0 amide bonds. The fourth-order valence-electron chi connectivity index (χ4n) is 1.79. The maximum Gasteiger partial charge on any atom is 0.337 e. The summed E-state index contributed by atoms with van der Waals surface area (Å²) in [6, 6.07) is 6.98. The molecule has 1 aromatic heterocycles. The van der Waals surface area contributed by atoms with Crippen LogP contribution in [0.3, 0.4) is 0 Å². The Morgan fingerprint density at radius 3 is 2.65 bits per heavy atom. The summed E-state index contributed by atoms with van der Waals surface area (Å²) < 4.78 is 5.65. The van der Waals surface area contributed by atoms with Crippen LogP contribution in [0.25, 0.3) is 11.3 Å². The Labute approximate surface area is 115 Å². The first kappa shape index (κ1) is 13.7. The quantitative estimate of drug-likeness (QED) is 0.678. The molecule has 7 nitrogen and oxygen atoms in total. The number of ether oxygens (including phenoxy) is 1. The van der Waals surface area contributed by atoms with Gasteiger partial charge < -0.3 is 10.5 Å². The molecule has 104 valence electrons. The number of nitro groups is 1. The van der Waals surface area contributed by atoms with Crippen molar-refractivity contribution in [1.82, 2.24) is 9.97 Å². The van der Waals surface area contributed by atoms with Gasteiger partial charge in [-0.05, 0) is 26.0 Å². The van der Waals surface area contributed by atoms with Gasteiger partial charge in [-0.15, -0.1) is 0 Å². The van der Waals surface area contributed by atoms with Crippen molar-refractivity contribution in [3.8, 4) is 17.0 Å². The molecule has 0 radical (unpaired) electrons. The zero-order valence-electron chi connectivity index (χ0n) is 11.1. The Kier molecular flexibility index (Phi) is 3.79. The highest BCUT2D eigenvalue weighted by Crippen LogP contribution is 2.36. The highest BCUT2D eigenvalue weighted by atomic mass is 16.6. The van der Waals surface area contributed by atoms with Crippen LogP contribution in [0.1, 0.15) is 13.8 Å². The summed E-state index contributed by atoms with van der Waals surface area (Å²) in [6.45, 7) is 3.75. The fraction of sp³-hybridized carbons (Fsp3) is 0.231. The van der Waals surface area contributed by atoms with Crippen LogP contribution >= 0.6 is 0 Å². The minimum absolute atomic E-state index is 0.0607. The van der Waals surface area contributed by atoms with E-state index in [1.165, 1.54) is 6.33 Å². The highest BCUT2D eigenvalue weighted by molar-refractivity contribution is 5.79. The minimum Gasteiger partial charge on any atom is -0.490 e. The van der Waals surface area contributed by atoms with Crippen LogP contribution in [0.4, 0.5) is 11.5 Å². The first-order chi connectivity index (χ1) is 9.50. The molecule has 0 saturated carbocycles. The lowest BCUT2D eigenvalue weighted by Crippen LogP contribution is -2.08. The van der Waals surface area contributed by atoms with E-state index < -0.39 is 4.92 Å². The van der Waals surface area contributed by atoms with E-state index in [2.05, 4.69) is 9.97 Å². The summed E-state index contributed by atoms with van der Waals surface area (Å²) in [5, 5.41) is 11.2. The molecular weight excluding hydrogens is 260 g/mol. The highest BCUT2D eigenvalue weighted by Gasteiger charge is 2.24. The van der Waals surface area contributed by atoms with Crippen molar-refractivity contribution < 1.29 is 9.66 Å². The van der Waals surface area contributed by atoms with Gasteiger partial charge in [0.15, 0.2) is 5.69 Å². The number of hydrogen-bond donors (Lipinski definition) is 1. The summed E-state index contributed by atoms with van der Waals surface area (Å²) >= 11 is 0. The molecule has 0 saturated heterocycles. The normalized spacial score (nSPS) is 10.6. The second kappa shape index (κ2) is 5.52. The largest absolute Gasteiger partial charge is 0.490 e. The van der Waals surface area contributed by atoms with Gasteiger partial charge in [0.05, 0.1) is 11.0 Å². The van der Waals surface area contributed by atoms with Crippen LogP contribution in [0, 0.1) is 10.1 Å². The average Bonchev–Trinajstić information content (AvgIpc) is 2.38. The third-order valence-corrected chi connectivity index (χ3v) is 2.54. The number of anilines is 1. The van der Waals surface area contributed by atoms with Gasteiger partial charge in [-0.1, -0.05) is 12.1 Å². The van der Waals surface area contributed by atoms with Crippen LogP contribution in [0.5, 0.6) is 5.75 Å². The molecule has 0 atom stereocenters. The molecule has 0 aliphatic rings. The standard InChI is InChI=1S/C13H14N4O3/c1-8(2)20-10-6-4-3-5-9(10)11-12(17(18)19)13(14)16-7-15-11/h3-8H,1-2H3,(H2,14,15,16). The maximum absolute atomic E-state index is 11.2. The fourth-order valence-corrected chi connectivity index (χ4v) is 1.79. The zero-order chi connectivity index (χ0) is 14.7. The number of para-hydroxylation sites is 1. The number of nitrogens with zero attached hydrogens (tertiary/aromatic N) is 3. The molecule has 0 spiro atoms. The van der Waals surface area contributed by atoms with Gasteiger partial charge in [-0.25, -0.2) is 9.97 Å². The number of nitrogens with two attached hydrogens (primary N) is 1. The molecule has 0 fully saturated rings. The number of hydrogen-bond acceptors (Lipinski definition) is 6. The van der Waals surface area contributed by atoms with Crippen LogP contribution in [0.15, 0.2) is 30.6 Å². The molecule has 1 aromatic carbocycles. The molecule has 2 N–H and O–H groups in total. The summed E-state index contributed by atoms with van der Waals surface area (Å²) in [5.41, 5.74) is 5.93. The van der Waals surface area contributed by atoms with E-state index in [1.807, 2.05) is 13.8 Å². The van der Waals surface area contributed by atoms with Crippen molar-refractivity contribution in [1.29, 1.82) is 0 Å². The van der Waals surface area contributed by atoms with E-state index in [0.29, 0.717) is 11.3 Å². The molecule has 0 aliphatic heterocycles. The summed E-state index contributed by atoms with van der Waals surface area (Å²) in [5.74, 6) is 0.350. The molecule has 2 aromatic rings. The number of nitrogen functional groups attached to an aromatic ring is 1. The molecule has 0 bridgehead atoms. The van der Waals surface area contributed by atoms with Crippen molar-refractivity contribution >= 4 is 11.5 Å². The lowest BCUT2D eigenvalue weighted by Gasteiger charge is -2.13. The second-order valence-corrected chi connectivity index (χ2v) is 4.38. The summed E-state index contributed by atoms with van der Waals surface area (Å²) in [7, 11) is 0. The molecule has 20 heavy (non-hydrogen) atoms. The Morgan fingerprint density at radius 2 is 2.00 bits per heavy atom. The zero-order valence-corrected chi connectivity index (χ0v) is 11.1. The average molecular weight is 274 g/mol. The second-order valence-electron chi connectivity index (χ2n) is 4.38. The van der Waals surface area contributed by atoms with Gasteiger partial charge in [0.25, 0.3) is 0 Å². The smallest absolute Gasteiger partial charge is 0.337 e. The lowest BCUT2D eigenvalue weighted by molar-refractivity contribution is -0.383. The molecule has 1 heterocycles. The minimum atomic E-state index is -0.586. The molecule has 2 rings (SSSR count). The number of rotatable bonds is 4. The first-order valence-electron chi connectivity index (χ1n) is 6.01. The predicted octanol–water partition coefficient (Wildman–Crippen LogP) is 2.42. The van der Waals surface area contributed by atoms with Crippen molar-refractivity contribution in [2.24, 2.45) is 0 Å². The lowest BCUT2D eigenvalue weighted by atomic mass is 10.1.